The van der Waals surface area contributed by atoms with Crippen LogP contribution < -0.4 is 10.1 Å². The fraction of sp³-hybridized carbons (Fsp3) is 0.696. The molecule has 1 aliphatic rings. The first kappa shape index (κ1) is 22.7. The van der Waals surface area contributed by atoms with Crippen molar-refractivity contribution in [1.29, 1.82) is 0 Å². The molecule has 5 heteroatoms. The Bertz CT molecular complexity index is 586. The summed E-state index contributed by atoms with van der Waals surface area (Å²) in [6.45, 7) is 12.9. The second-order valence-electron chi connectivity index (χ2n) is 7.90. The lowest BCUT2D eigenvalue weighted by molar-refractivity contribution is -0.148. The third-order valence-corrected chi connectivity index (χ3v) is 5.63. The van der Waals surface area contributed by atoms with Crippen molar-refractivity contribution in [2.75, 3.05) is 38.2 Å². The summed E-state index contributed by atoms with van der Waals surface area (Å²) in [5.74, 6) is 1.33. The maximum Gasteiger partial charge on any atom is 0.256 e. The van der Waals surface area contributed by atoms with Crippen LogP contribution in [0.4, 0.5) is 5.69 Å². The highest BCUT2D eigenvalue weighted by Crippen LogP contribution is 2.36. The second kappa shape index (κ2) is 11.4. The summed E-state index contributed by atoms with van der Waals surface area (Å²) in [6, 6.07) is 7.65. The van der Waals surface area contributed by atoms with E-state index in [4.69, 9.17) is 9.47 Å². The van der Waals surface area contributed by atoms with Crippen LogP contribution in [0.3, 0.4) is 0 Å². The topological polar surface area (TPSA) is 50.8 Å². The number of nitrogens with zero attached hydrogens (tertiary/aromatic N) is 1. The molecule has 1 aliphatic carbocycles. The number of amides is 1. The van der Waals surface area contributed by atoms with Crippen LogP contribution in [0.15, 0.2) is 24.3 Å². The van der Waals surface area contributed by atoms with Gasteiger partial charge in [0.25, 0.3) is 5.91 Å². The van der Waals surface area contributed by atoms with E-state index < -0.39 is 5.60 Å². The number of anilines is 1. The summed E-state index contributed by atoms with van der Waals surface area (Å²) in [6.07, 6.45) is 4.73. The summed E-state index contributed by atoms with van der Waals surface area (Å²) in [5, 5.41) is 3.07. The zero-order chi connectivity index (χ0) is 20.4. The fourth-order valence-electron chi connectivity index (χ4n) is 3.92. The van der Waals surface area contributed by atoms with Crippen LogP contribution in [-0.4, -0.2) is 49.3 Å². The molecule has 0 aliphatic heterocycles. The molecule has 0 heterocycles. The molecule has 0 bridgehead atoms. The molecule has 158 valence electrons. The SMILES string of the molecule is CCCO[C@@]1(C(=O)Nc2ccc(OCCN(CC)CC)cc2)CCC[C@@H](C)C1. The zero-order valence-electron chi connectivity index (χ0n) is 18.1. The van der Waals surface area contributed by atoms with Gasteiger partial charge in [0.2, 0.25) is 0 Å². The van der Waals surface area contributed by atoms with Crippen LogP contribution in [0, 0.1) is 5.92 Å². The van der Waals surface area contributed by atoms with Gasteiger partial charge in [0.15, 0.2) is 0 Å². The molecule has 2 rings (SSSR count). The van der Waals surface area contributed by atoms with Crippen LogP contribution in [0.25, 0.3) is 0 Å². The summed E-state index contributed by atoms with van der Waals surface area (Å²) in [4.78, 5) is 15.4. The number of carbonyl (C=O) groups is 1. The molecular weight excluding hydrogens is 352 g/mol. The normalized spacial score (nSPS) is 22.2. The Morgan fingerprint density at radius 1 is 1.18 bits per heavy atom. The van der Waals surface area contributed by atoms with E-state index in [9.17, 15) is 4.79 Å². The number of likely N-dealkylation sites (N-methyl/N-ethyl adjacent to an activating group) is 1. The second-order valence-corrected chi connectivity index (χ2v) is 7.90. The van der Waals surface area contributed by atoms with Gasteiger partial charge in [-0.05, 0) is 69.0 Å². The molecule has 0 aromatic heterocycles. The Labute approximate surface area is 170 Å². The van der Waals surface area contributed by atoms with Crippen molar-refractivity contribution >= 4 is 11.6 Å². The van der Waals surface area contributed by atoms with Crippen LogP contribution in [0.1, 0.15) is 59.8 Å². The monoisotopic (exact) mass is 390 g/mol. The number of carbonyl (C=O) groups excluding carboxylic acids is 1. The van der Waals surface area contributed by atoms with Crippen molar-refractivity contribution in [3.63, 3.8) is 0 Å². The molecule has 1 N–H and O–H groups in total. The molecule has 1 aromatic carbocycles. The van der Waals surface area contributed by atoms with E-state index in [-0.39, 0.29) is 5.91 Å². The Kier molecular flexibility index (Phi) is 9.26. The van der Waals surface area contributed by atoms with Crippen molar-refractivity contribution in [2.24, 2.45) is 5.92 Å². The highest BCUT2D eigenvalue weighted by Gasteiger charge is 2.42. The summed E-state index contributed by atoms with van der Waals surface area (Å²) in [5.41, 5.74) is 0.103. The highest BCUT2D eigenvalue weighted by molar-refractivity contribution is 5.97. The van der Waals surface area contributed by atoms with E-state index >= 15 is 0 Å². The van der Waals surface area contributed by atoms with E-state index in [1.54, 1.807) is 0 Å². The van der Waals surface area contributed by atoms with Crippen LogP contribution in [0.5, 0.6) is 5.75 Å². The molecule has 0 radical (unpaired) electrons. The molecule has 0 unspecified atom stereocenters. The summed E-state index contributed by atoms with van der Waals surface area (Å²) >= 11 is 0. The van der Waals surface area contributed by atoms with E-state index in [0.717, 1.165) is 56.8 Å². The molecular formula is C23H38N2O3. The predicted molar refractivity (Wildman–Crippen MR) is 115 cm³/mol. The smallest absolute Gasteiger partial charge is 0.256 e. The van der Waals surface area contributed by atoms with Crippen molar-refractivity contribution in [2.45, 2.75) is 65.4 Å². The maximum atomic E-state index is 13.1. The first-order valence-electron chi connectivity index (χ1n) is 10.9. The van der Waals surface area contributed by atoms with Crippen molar-refractivity contribution < 1.29 is 14.3 Å². The Hall–Kier alpha value is -1.59. The largest absolute Gasteiger partial charge is 0.492 e. The lowest BCUT2D eigenvalue weighted by Gasteiger charge is -2.38. The van der Waals surface area contributed by atoms with Crippen LogP contribution in [-0.2, 0) is 9.53 Å². The number of ether oxygens (including phenoxy) is 2. The Morgan fingerprint density at radius 3 is 2.50 bits per heavy atom. The minimum absolute atomic E-state index is 0.0114. The molecule has 1 aromatic rings. The predicted octanol–water partition coefficient (Wildman–Crippen LogP) is 4.72. The minimum atomic E-state index is -0.688. The number of nitrogens with one attached hydrogen (secondary N) is 1. The molecule has 28 heavy (non-hydrogen) atoms. The number of rotatable bonds is 11. The minimum Gasteiger partial charge on any atom is -0.492 e. The number of hydrogen-bond acceptors (Lipinski definition) is 4. The average molecular weight is 391 g/mol. The number of hydrogen-bond donors (Lipinski definition) is 1. The molecule has 2 atom stereocenters. The van der Waals surface area contributed by atoms with Gasteiger partial charge in [-0.15, -0.1) is 0 Å². The van der Waals surface area contributed by atoms with E-state index in [2.05, 4.69) is 37.9 Å². The first-order chi connectivity index (χ1) is 13.5. The lowest BCUT2D eigenvalue weighted by Crippen LogP contribution is -2.48. The molecule has 1 fully saturated rings. The fourth-order valence-corrected chi connectivity index (χ4v) is 3.92. The third-order valence-electron chi connectivity index (χ3n) is 5.63. The molecule has 5 nitrogen and oxygen atoms in total. The van der Waals surface area contributed by atoms with Gasteiger partial charge < -0.3 is 19.7 Å². The standard InChI is InChI=1S/C23H38N2O3/c1-5-16-28-23(14-8-9-19(4)18-23)22(26)24-20-10-12-21(13-11-20)27-17-15-25(6-2)7-3/h10-13,19H,5-9,14-18H2,1-4H3,(H,24,26)/t19-,23+/m1/s1. The van der Waals surface area contributed by atoms with Gasteiger partial charge in [-0.25, -0.2) is 0 Å². The van der Waals surface area contributed by atoms with Crippen LogP contribution >= 0.6 is 0 Å². The summed E-state index contributed by atoms with van der Waals surface area (Å²) < 4.78 is 11.9. The van der Waals surface area contributed by atoms with Gasteiger partial charge in [0.05, 0.1) is 0 Å². The molecule has 1 amide bonds. The van der Waals surface area contributed by atoms with Crippen molar-refractivity contribution in [1.82, 2.24) is 4.90 Å². The average Bonchev–Trinajstić information content (AvgIpc) is 2.71. The van der Waals surface area contributed by atoms with E-state index in [1.807, 2.05) is 24.3 Å². The van der Waals surface area contributed by atoms with Gasteiger partial charge >= 0.3 is 0 Å². The quantitative estimate of drug-likeness (QED) is 0.594. The van der Waals surface area contributed by atoms with Crippen LogP contribution in [0.2, 0.25) is 0 Å². The number of benzene rings is 1. The van der Waals surface area contributed by atoms with Crippen molar-refractivity contribution in [3.05, 3.63) is 24.3 Å². The summed E-state index contributed by atoms with van der Waals surface area (Å²) in [7, 11) is 0. The van der Waals surface area contributed by atoms with E-state index in [1.165, 1.54) is 6.42 Å². The lowest BCUT2D eigenvalue weighted by atomic mass is 9.78. The zero-order valence-corrected chi connectivity index (χ0v) is 18.1. The van der Waals surface area contributed by atoms with Gasteiger partial charge in [0.1, 0.15) is 18.0 Å². The first-order valence-corrected chi connectivity index (χ1v) is 10.9. The van der Waals surface area contributed by atoms with Gasteiger partial charge in [-0.2, -0.15) is 0 Å². The van der Waals surface area contributed by atoms with E-state index in [0.29, 0.717) is 19.1 Å². The van der Waals surface area contributed by atoms with Gasteiger partial charge in [-0.3, -0.25) is 4.79 Å². The molecule has 0 spiro atoms. The van der Waals surface area contributed by atoms with Gasteiger partial charge in [-0.1, -0.05) is 34.1 Å². The molecule has 0 saturated heterocycles. The van der Waals surface area contributed by atoms with Gasteiger partial charge in [0, 0.05) is 18.8 Å². The maximum absolute atomic E-state index is 13.1. The van der Waals surface area contributed by atoms with Crippen molar-refractivity contribution in [3.8, 4) is 5.75 Å². The molecule has 1 saturated carbocycles. The highest BCUT2D eigenvalue weighted by atomic mass is 16.5. The Balaban J connectivity index is 1.93. The Morgan fingerprint density at radius 2 is 1.89 bits per heavy atom. The third kappa shape index (κ3) is 6.49.